The Balaban J connectivity index is 2.31. The lowest BCUT2D eigenvalue weighted by Gasteiger charge is -2.10. The van der Waals surface area contributed by atoms with E-state index in [1.165, 1.54) is 18.2 Å². The molecule has 5 heteroatoms. The number of rotatable bonds is 2. The lowest BCUT2D eigenvalue weighted by Crippen LogP contribution is -2.13. The van der Waals surface area contributed by atoms with Crippen molar-refractivity contribution in [3.63, 3.8) is 0 Å². The molecule has 0 unspecified atom stereocenters. The zero-order valence-electron chi connectivity index (χ0n) is 10.3. The number of phenolic OH excluding ortho intramolecular Hbond substituents is 2. The molecule has 0 aliphatic heterocycles. The fourth-order valence-electron chi connectivity index (χ4n) is 1.68. The van der Waals surface area contributed by atoms with E-state index in [0.29, 0.717) is 11.4 Å². The molecule has 5 nitrogen and oxygen atoms in total. The number of aromatic hydroxyl groups is 2. The Kier molecular flexibility index (Phi) is 3.29. The van der Waals surface area contributed by atoms with Gasteiger partial charge in [-0.15, -0.1) is 0 Å². The van der Waals surface area contributed by atoms with Crippen molar-refractivity contribution in [2.75, 3.05) is 11.1 Å². The summed E-state index contributed by atoms with van der Waals surface area (Å²) < 4.78 is 0. The van der Waals surface area contributed by atoms with Crippen molar-refractivity contribution in [1.29, 1.82) is 0 Å². The van der Waals surface area contributed by atoms with E-state index in [9.17, 15) is 15.0 Å². The summed E-state index contributed by atoms with van der Waals surface area (Å²) in [6.45, 7) is 1.88. The average Bonchev–Trinajstić information content (AvgIpc) is 2.37. The summed E-state index contributed by atoms with van der Waals surface area (Å²) in [4.78, 5) is 12.0. The molecular weight excluding hydrogens is 244 g/mol. The van der Waals surface area contributed by atoms with Crippen LogP contribution in [0.3, 0.4) is 0 Å². The Labute approximate surface area is 110 Å². The van der Waals surface area contributed by atoms with Crippen LogP contribution >= 0.6 is 0 Å². The molecule has 0 bridgehead atoms. The minimum atomic E-state index is -0.536. The Morgan fingerprint density at radius 3 is 2.68 bits per heavy atom. The van der Waals surface area contributed by atoms with Crippen molar-refractivity contribution >= 4 is 17.3 Å². The average molecular weight is 258 g/mol. The summed E-state index contributed by atoms with van der Waals surface area (Å²) in [5, 5.41) is 21.6. The summed E-state index contributed by atoms with van der Waals surface area (Å²) in [6.07, 6.45) is 0. The highest BCUT2D eigenvalue weighted by Gasteiger charge is 2.14. The van der Waals surface area contributed by atoms with Crippen molar-refractivity contribution in [3.8, 4) is 11.5 Å². The number of hydrogen-bond acceptors (Lipinski definition) is 4. The summed E-state index contributed by atoms with van der Waals surface area (Å²) in [5.41, 5.74) is 7.59. The number of benzene rings is 2. The summed E-state index contributed by atoms with van der Waals surface area (Å²) >= 11 is 0. The van der Waals surface area contributed by atoms with Gasteiger partial charge in [0.15, 0.2) is 11.5 Å². The Hall–Kier alpha value is -2.69. The van der Waals surface area contributed by atoms with Crippen molar-refractivity contribution in [2.24, 2.45) is 0 Å². The largest absolute Gasteiger partial charge is 0.504 e. The highest BCUT2D eigenvalue weighted by atomic mass is 16.3. The van der Waals surface area contributed by atoms with E-state index in [0.717, 1.165) is 5.56 Å². The third-order valence-electron chi connectivity index (χ3n) is 2.72. The molecular formula is C14H14N2O3. The van der Waals surface area contributed by atoms with Gasteiger partial charge in [-0.2, -0.15) is 0 Å². The van der Waals surface area contributed by atoms with Gasteiger partial charge in [-0.25, -0.2) is 0 Å². The van der Waals surface area contributed by atoms with Gasteiger partial charge < -0.3 is 21.3 Å². The molecule has 0 aromatic heterocycles. The molecule has 2 aromatic rings. The van der Waals surface area contributed by atoms with Gasteiger partial charge in [0.05, 0.1) is 16.9 Å². The van der Waals surface area contributed by atoms with Gasteiger partial charge >= 0.3 is 0 Å². The van der Waals surface area contributed by atoms with Crippen molar-refractivity contribution < 1.29 is 15.0 Å². The van der Waals surface area contributed by atoms with Gasteiger partial charge in [0.2, 0.25) is 0 Å². The van der Waals surface area contributed by atoms with Crippen LogP contribution in [0.25, 0.3) is 0 Å². The van der Waals surface area contributed by atoms with Crippen LogP contribution in [0.2, 0.25) is 0 Å². The molecule has 0 spiro atoms. The van der Waals surface area contributed by atoms with E-state index >= 15 is 0 Å². The van der Waals surface area contributed by atoms with Gasteiger partial charge in [-0.1, -0.05) is 12.1 Å². The van der Waals surface area contributed by atoms with Crippen LogP contribution in [-0.4, -0.2) is 16.1 Å². The molecule has 0 fully saturated rings. The van der Waals surface area contributed by atoms with Crippen LogP contribution in [0.1, 0.15) is 15.9 Å². The molecule has 2 rings (SSSR count). The molecule has 0 saturated carbocycles. The number of aryl methyl sites for hydroxylation is 1. The molecule has 0 heterocycles. The lowest BCUT2D eigenvalue weighted by molar-refractivity contribution is 0.102. The SMILES string of the molecule is Cc1ccc(N)c(NC(=O)c2cccc(O)c2O)c1. The molecule has 0 aliphatic rings. The topological polar surface area (TPSA) is 95.6 Å². The second-order valence-electron chi connectivity index (χ2n) is 4.22. The molecule has 0 saturated heterocycles. The predicted molar refractivity (Wildman–Crippen MR) is 73.3 cm³/mol. The number of hydrogen-bond donors (Lipinski definition) is 4. The third kappa shape index (κ3) is 2.60. The number of carbonyl (C=O) groups excluding carboxylic acids is 1. The standard InChI is InChI=1S/C14H14N2O3/c1-8-5-6-10(15)11(7-8)16-14(19)9-3-2-4-12(17)13(9)18/h2-7,17-18H,15H2,1H3,(H,16,19). The van der Waals surface area contributed by atoms with E-state index in [2.05, 4.69) is 5.32 Å². The number of nitrogens with two attached hydrogens (primary N) is 1. The van der Waals surface area contributed by atoms with E-state index < -0.39 is 11.7 Å². The minimum absolute atomic E-state index is 0.0130. The maximum atomic E-state index is 12.0. The zero-order chi connectivity index (χ0) is 14.0. The molecule has 98 valence electrons. The first-order chi connectivity index (χ1) is 8.99. The Bertz CT molecular complexity index is 639. The molecule has 0 aliphatic carbocycles. The molecule has 19 heavy (non-hydrogen) atoms. The molecule has 1 amide bonds. The van der Waals surface area contributed by atoms with Gasteiger partial charge in [0.25, 0.3) is 5.91 Å². The third-order valence-corrected chi connectivity index (χ3v) is 2.72. The summed E-state index contributed by atoms with van der Waals surface area (Å²) in [7, 11) is 0. The molecule has 5 N–H and O–H groups in total. The van der Waals surface area contributed by atoms with Gasteiger partial charge in [0.1, 0.15) is 0 Å². The second-order valence-corrected chi connectivity index (χ2v) is 4.22. The fourth-order valence-corrected chi connectivity index (χ4v) is 1.68. The summed E-state index contributed by atoms with van der Waals surface area (Å²) in [6, 6.07) is 9.43. The van der Waals surface area contributed by atoms with Crippen LogP contribution in [0.4, 0.5) is 11.4 Å². The van der Waals surface area contributed by atoms with Crippen LogP contribution in [0.15, 0.2) is 36.4 Å². The lowest BCUT2D eigenvalue weighted by atomic mass is 10.1. The van der Waals surface area contributed by atoms with Crippen LogP contribution in [0.5, 0.6) is 11.5 Å². The number of nitrogen functional groups attached to an aromatic ring is 1. The number of anilines is 2. The van der Waals surface area contributed by atoms with Gasteiger partial charge in [0, 0.05) is 0 Å². The number of nitrogens with one attached hydrogen (secondary N) is 1. The highest BCUT2D eigenvalue weighted by molar-refractivity contribution is 6.07. The predicted octanol–water partition coefficient (Wildman–Crippen LogP) is 2.24. The first kappa shape index (κ1) is 12.8. The molecule has 0 atom stereocenters. The van der Waals surface area contributed by atoms with E-state index in [4.69, 9.17) is 5.73 Å². The van der Waals surface area contributed by atoms with Gasteiger partial charge in [-0.05, 0) is 36.8 Å². The normalized spacial score (nSPS) is 10.2. The highest BCUT2D eigenvalue weighted by Crippen LogP contribution is 2.29. The van der Waals surface area contributed by atoms with Crippen molar-refractivity contribution in [1.82, 2.24) is 0 Å². The van der Waals surface area contributed by atoms with Crippen LogP contribution in [-0.2, 0) is 0 Å². The van der Waals surface area contributed by atoms with Crippen LogP contribution in [0, 0.1) is 6.92 Å². The van der Waals surface area contributed by atoms with E-state index in [1.54, 1.807) is 12.1 Å². The monoisotopic (exact) mass is 258 g/mol. The van der Waals surface area contributed by atoms with Crippen LogP contribution < -0.4 is 11.1 Å². The number of carbonyl (C=O) groups is 1. The quantitative estimate of drug-likeness (QED) is 0.490. The maximum absolute atomic E-state index is 12.0. The van der Waals surface area contributed by atoms with E-state index in [-0.39, 0.29) is 11.3 Å². The van der Waals surface area contributed by atoms with E-state index in [1.807, 2.05) is 13.0 Å². The second kappa shape index (κ2) is 4.89. The summed E-state index contributed by atoms with van der Waals surface area (Å²) in [5.74, 6) is -1.33. The minimum Gasteiger partial charge on any atom is -0.504 e. The Morgan fingerprint density at radius 2 is 1.95 bits per heavy atom. The maximum Gasteiger partial charge on any atom is 0.259 e. The molecule has 2 aromatic carbocycles. The van der Waals surface area contributed by atoms with Crippen molar-refractivity contribution in [3.05, 3.63) is 47.5 Å². The number of amides is 1. The fraction of sp³-hybridized carbons (Fsp3) is 0.0714. The number of para-hydroxylation sites is 1. The first-order valence-electron chi connectivity index (χ1n) is 5.67. The van der Waals surface area contributed by atoms with Gasteiger partial charge in [-0.3, -0.25) is 4.79 Å². The zero-order valence-corrected chi connectivity index (χ0v) is 10.3. The smallest absolute Gasteiger partial charge is 0.259 e. The Morgan fingerprint density at radius 1 is 1.21 bits per heavy atom. The van der Waals surface area contributed by atoms with Crippen molar-refractivity contribution in [2.45, 2.75) is 6.92 Å². The first-order valence-corrected chi connectivity index (χ1v) is 5.67. The molecule has 0 radical (unpaired) electrons. The number of phenols is 2.